The first-order valence-corrected chi connectivity index (χ1v) is 12.4. The second-order valence-corrected chi connectivity index (χ2v) is 9.74. The van der Waals surface area contributed by atoms with Gasteiger partial charge in [0.1, 0.15) is 11.2 Å². The molecule has 3 amide bonds. The van der Waals surface area contributed by atoms with Crippen molar-refractivity contribution in [2.45, 2.75) is 70.1 Å². The number of amides is 3. The summed E-state index contributed by atoms with van der Waals surface area (Å²) in [4.78, 5) is 40.8. The predicted molar refractivity (Wildman–Crippen MR) is 133 cm³/mol. The molecule has 0 saturated heterocycles. The molecule has 10 heteroatoms. The second kappa shape index (κ2) is 10.6. The first kappa shape index (κ1) is 25.5. The molecule has 1 aliphatic heterocycles. The van der Waals surface area contributed by atoms with E-state index in [4.69, 9.17) is 9.47 Å². The third-order valence-electron chi connectivity index (χ3n) is 7.31. The predicted octanol–water partition coefficient (Wildman–Crippen LogP) is 2.51. The number of carbonyl (C=O) groups is 3. The van der Waals surface area contributed by atoms with Crippen molar-refractivity contribution in [2.75, 3.05) is 21.3 Å². The first-order valence-electron chi connectivity index (χ1n) is 12.4. The van der Waals surface area contributed by atoms with Gasteiger partial charge in [0.2, 0.25) is 5.91 Å². The molecule has 0 unspecified atom stereocenters. The van der Waals surface area contributed by atoms with E-state index in [9.17, 15) is 14.4 Å². The van der Waals surface area contributed by atoms with Crippen LogP contribution in [0.4, 0.5) is 0 Å². The SMILES string of the molecule is COc1ccc(CNC(=O)c2cc3n(n2)C[C@@](C)(C(=O)NC2CCCCCC2)N(C)C3=O)cc1OC. The van der Waals surface area contributed by atoms with E-state index < -0.39 is 11.4 Å². The Labute approximate surface area is 211 Å². The Hall–Kier alpha value is -3.56. The zero-order valence-electron chi connectivity index (χ0n) is 21.4. The summed E-state index contributed by atoms with van der Waals surface area (Å²) >= 11 is 0. The molecular formula is C26H35N5O5. The van der Waals surface area contributed by atoms with Gasteiger partial charge in [-0.05, 0) is 37.5 Å². The van der Waals surface area contributed by atoms with Crippen LogP contribution < -0.4 is 20.1 Å². The highest BCUT2D eigenvalue weighted by Gasteiger charge is 2.46. The maximum absolute atomic E-state index is 13.3. The lowest BCUT2D eigenvalue weighted by Crippen LogP contribution is -2.63. The third kappa shape index (κ3) is 5.03. The number of rotatable bonds is 7. The lowest BCUT2D eigenvalue weighted by molar-refractivity contribution is -0.133. The maximum Gasteiger partial charge on any atom is 0.272 e. The molecule has 1 aromatic heterocycles. The Morgan fingerprint density at radius 1 is 1.08 bits per heavy atom. The van der Waals surface area contributed by atoms with Gasteiger partial charge in [-0.15, -0.1) is 0 Å². The van der Waals surface area contributed by atoms with Crippen molar-refractivity contribution in [1.29, 1.82) is 0 Å². The zero-order valence-corrected chi connectivity index (χ0v) is 21.4. The number of hydrogen-bond donors (Lipinski definition) is 2. The van der Waals surface area contributed by atoms with Crippen molar-refractivity contribution in [2.24, 2.45) is 0 Å². The van der Waals surface area contributed by atoms with Crippen LogP contribution in [0.1, 0.15) is 72.0 Å². The smallest absolute Gasteiger partial charge is 0.272 e. The molecular weight excluding hydrogens is 462 g/mol. The first-order chi connectivity index (χ1) is 17.3. The number of carbonyl (C=O) groups excluding carboxylic acids is 3. The minimum Gasteiger partial charge on any atom is -0.493 e. The number of hydrogen-bond acceptors (Lipinski definition) is 6. The van der Waals surface area contributed by atoms with Gasteiger partial charge in [-0.1, -0.05) is 31.7 Å². The van der Waals surface area contributed by atoms with Gasteiger partial charge < -0.3 is 25.0 Å². The number of methoxy groups -OCH3 is 2. The van der Waals surface area contributed by atoms with Gasteiger partial charge in [-0.25, -0.2) is 0 Å². The van der Waals surface area contributed by atoms with E-state index in [1.54, 1.807) is 40.3 Å². The fourth-order valence-electron chi connectivity index (χ4n) is 4.87. The number of likely N-dealkylation sites (N-methyl/N-ethyl adjacent to an activating group) is 1. The van der Waals surface area contributed by atoms with E-state index in [1.807, 2.05) is 6.07 Å². The van der Waals surface area contributed by atoms with Crippen LogP contribution >= 0.6 is 0 Å². The summed E-state index contributed by atoms with van der Waals surface area (Å²) in [6.07, 6.45) is 6.49. The molecule has 4 rings (SSSR count). The number of benzene rings is 1. The van der Waals surface area contributed by atoms with Crippen LogP contribution in [-0.4, -0.2) is 65.2 Å². The normalized spacial score (nSPS) is 20.3. The molecule has 36 heavy (non-hydrogen) atoms. The van der Waals surface area contributed by atoms with E-state index >= 15 is 0 Å². The highest BCUT2D eigenvalue weighted by Crippen LogP contribution is 2.29. The molecule has 194 valence electrons. The molecule has 2 heterocycles. The quantitative estimate of drug-likeness (QED) is 0.568. The fraction of sp³-hybridized carbons (Fsp3) is 0.538. The minimum absolute atomic E-state index is 0.122. The summed E-state index contributed by atoms with van der Waals surface area (Å²) in [6.45, 7) is 2.17. The van der Waals surface area contributed by atoms with Crippen LogP contribution in [0.15, 0.2) is 24.3 Å². The molecule has 2 N–H and O–H groups in total. The van der Waals surface area contributed by atoms with Crippen molar-refractivity contribution < 1.29 is 23.9 Å². The largest absolute Gasteiger partial charge is 0.493 e. The summed E-state index contributed by atoms with van der Waals surface area (Å²) < 4.78 is 12.0. The van der Waals surface area contributed by atoms with Gasteiger partial charge in [-0.3, -0.25) is 19.1 Å². The number of fused-ring (bicyclic) bond motifs is 1. The molecule has 1 saturated carbocycles. The average molecular weight is 498 g/mol. The van der Waals surface area contributed by atoms with Gasteiger partial charge >= 0.3 is 0 Å². The standard InChI is InChI=1S/C26H35N5O5/c1-26(25(34)28-18-9-7-5-6-8-10-18)16-31-20(24(33)30(26)2)14-19(29-31)23(32)27-15-17-11-12-21(35-3)22(13-17)36-4/h11-14,18H,5-10,15-16H2,1-4H3,(H,27,32)(H,28,34)/t26-/m0/s1. The Morgan fingerprint density at radius 3 is 2.44 bits per heavy atom. The number of aromatic nitrogens is 2. The molecule has 1 aliphatic carbocycles. The molecule has 0 bridgehead atoms. The Morgan fingerprint density at radius 2 is 1.78 bits per heavy atom. The van der Waals surface area contributed by atoms with Crippen molar-refractivity contribution in [3.8, 4) is 11.5 Å². The third-order valence-corrected chi connectivity index (χ3v) is 7.31. The van der Waals surface area contributed by atoms with E-state index in [0.29, 0.717) is 11.5 Å². The van der Waals surface area contributed by atoms with Gasteiger partial charge in [0.25, 0.3) is 11.8 Å². The van der Waals surface area contributed by atoms with E-state index in [0.717, 1.165) is 31.2 Å². The highest BCUT2D eigenvalue weighted by molar-refractivity contribution is 6.01. The maximum atomic E-state index is 13.3. The van der Waals surface area contributed by atoms with Gasteiger partial charge in [0.05, 0.1) is 20.8 Å². The molecule has 0 radical (unpaired) electrons. The summed E-state index contributed by atoms with van der Waals surface area (Å²) in [5.41, 5.74) is 0.133. The lowest BCUT2D eigenvalue weighted by Gasteiger charge is -2.41. The van der Waals surface area contributed by atoms with Crippen molar-refractivity contribution in [3.05, 3.63) is 41.2 Å². The fourth-order valence-corrected chi connectivity index (χ4v) is 4.87. The Balaban J connectivity index is 1.46. The second-order valence-electron chi connectivity index (χ2n) is 9.74. The van der Waals surface area contributed by atoms with Gasteiger partial charge in [0, 0.05) is 25.7 Å². The molecule has 0 spiro atoms. The van der Waals surface area contributed by atoms with Crippen molar-refractivity contribution in [3.63, 3.8) is 0 Å². The summed E-state index contributed by atoms with van der Waals surface area (Å²) in [5, 5.41) is 10.4. The molecule has 2 aliphatic rings. The summed E-state index contributed by atoms with van der Waals surface area (Å²) in [5.74, 6) is 0.226. The monoisotopic (exact) mass is 497 g/mol. The highest BCUT2D eigenvalue weighted by atomic mass is 16.5. The van der Waals surface area contributed by atoms with Crippen LogP contribution in [-0.2, 0) is 17.9 Å². The average Bonchev–Trinajstić information content (AvgIpc) is 3.13. The van der Waals surface area contributed by atoms with E-state index in [1.165, 1.54) is 28.5 Å². The summed E-state index contributed by atoms with van der Waals surface area (Å²) in [6, 6.07) is 6.98. The van der Waals surface area contributed by atoms with Gasteiger partial charge in [-0.2, -0.15) is 5.10 Å². The van der Waals surface area contributed by atoms with Crippen molar-refractivity contribution in [1.82, 2.24) is 25.3 Å². The number of ether oxygens (including phenoxy) is 2. The van der Waals surface area contributed by atoms with Gasteiger partial charge in [0.15, 0.2) is 17.2 Å². The van der Waals surface area contributed by atoms with Crippen LogP contribution in [0.3, 0.4) is 0 Å². The van der Waals surface area contributed by atoms with Crippen LogP contribution in [0.5, 0.6) is 11.5 Å². The van der Waals surface area contributed by atoms with E-state index in [-0.39, 0.29) is 42.3 Å². The molecule has 1 fully saturated rings. The molecule has 1 aromatic carbocycles. The Bertz CT molecular complexity index is 1140. The lowest BCUT2D eigenvalue weighted by atomic mass is 9.95. The topological polar surface area (TPSA) is 115 Å². The number of nitrogens with zero attached hydrogens (tertiary/aromatic N) is 3. The minimum atomic E-state index is -1.10. The molecule has 1 atom stereocenters. The molecule has 10 nitrogen and oxygen atoms in total. The van der Waals surface area contributed by atoms with Crippen molar-refractivity contribution >= 4 is 17.7 Å². The van der Waals surface area contributed by atoms with Crippen LogP contribution in [0, 0.1) is 0 Å². The van der Waals surface area contributed by atoms with E-state index in [2.05, 4.69) is 15.7 Å². The zero-order chi connectivity index (χ0) is 25.9. The molecule has 2 aromatic rings. The Kier molecular flexibility index (Phi) is 7.51. The summed E-state index contributed by atoms with van der Waals surface area (Å²) in [7, 11) is 4.74. The van der Waals surface area contributed by atoms with Crippen LogP contribution in [0.25, 0.3) is 0 Å². The van der Waals surface area contributed by atoms with Crippen LogP contribution in [0.2, 0.25) is 0 Å². The number of nitrogens with one attached hydrogen (secondary N) is 2.